The molecule has 0 aliphatic heterocycles. The van der Waals surface area contributed by atoms with Gasteiger partial charge in [-0.3, -0.25) is 0 Å². The molecule has 5 heteroatoms. The minimum absolute atomic E-state index is 0.413. The highest BCUT2D eigenvalue weighted by atomic mass is 35.5. The smallest absolute Gasteiger partial charge is 0.0607 e. The Hall–Kier alpha value is -0.440. The summed E-state index contributed by atoms with van der Waals surface area (Å²) in [5.74, 6) is 0. The first-order chi connectivity index (χ1) is 8.52. The molecule has 0 saturated carbocycles. The number of nitrogens with two attached hydrogens (primary N) is 1. The maximum Gasteiger partial charge on any atom is 0.0607 e. The molecule has 2 aromatic rings. The van der Waals surface area contributed by atoms with Gasteiger partial charge in [-0.05, 0) is 29.8 Å². The number of benzene rings is 2. The first kappa shape index (κ1) is 14.0. The highest BCUT2D eigenvalue weighted by Gasteiger charge is 2.11. The van der Waals surface area contributed by atoms with Gasteiger partial charge in [-0.15, -0.1) is 0 Å². The van der Waals surface area contributed by atoms with Crippen molar-refractivity contribution in [1.82, 2.24) is 0 Å². The lowest BCUT2D eigenvalue weighted by Gasteiger charge is -2.10. The lowest BCUT2D eigenvalue weighted by atomic mass is 10.0. The summed E-state index contributed by atoms with van der Waals surface area (Å²) in [4.78, 5) is 0. The molecule has 2 rings (SSSR count). The lowest BCUT2D eigenvalue weighted by molar-refractivity contribution is 1.07. The molecule has 1 nitrogen and oxygen atoms in total. The largest absolute Gasteiger partial charge is 0.326 e. The fourth-order valence-electron chi connectivity index (χ4n) is 1.63. The third kappa shape index (κ3) is 2.76. The summed E-state index contributed by atoms with van der Waals surface area (Å²) in [6.45, 7) is 0.434. The zero-order chi connectivity index (χ0) is 13.3. The van der Waals surface area contributed by atoms with Gasteiger partial charge in [0.25, 0.3) is 0 Å². The summed E-state index contributed by atoms with van der Waals surface area (Å²) < 4.78 is 0. The van der Waals surface area contributed by atoms with Gasteiger partial charge in [0, 0.05) is 22.7 Å². The topological polar surface area (TPSA) is 26.0 Å². The number of hydrogen-bond donors (Lipinski definition) is 1. The van der Waals surface area contributed by atoms with Gasteiger partial charge in [0.05, 0.1) is 15.1 Å². The van der Waals surface area contributed by atoms with Gasteiger partial charge in [0.15, 0.2) is 0 Å². The van der Waals surface area contributed by atoms with Crippen LogP contribution in [-0.2, 0) is 6.54 Å². The third-order valence-electron chi connectivity index (χ3n) is 2.57. The van der Waals surface area contributed by atoms with E-state index in [1.165, 1.54) is 0 Å². The molecule has 0 aliphatic rings. The molecule has 0 amide bonds. The summed E-state index contributed by atoms with van der Waals surface area (Å²) in [5, 5.41) is 1.94. The van der Waals surface area contributed by atoms with Crippen LogP contribution in [0.5, 0.6) is 0 Å². The van der Waals surface area contributed by atoms with E-state index in [-0.39, 0.29) is 0 Å². The van der Waals surface area contributed by atoms with Crippen molar-refractivity contribution in [3.63, 3.8) is 0 Å². The summed E-state index contributed by atoms with van der Waals surface area (Å²) in [5.41, 5.74) is 8.12. The van der Waals surface area contributed by atoms with Gasteiger partial charge >= 0.3 is 0 Å². The Morgan fingerprint density at radius 2 is 1.33 bits per heavy atom. The molecule has 0 fully saturated rings. The Morgan fingerprint density at radius 1 is 0.722 bits per heavy atom. The molecule has 0 heterocycles. The van der Waals surface area contributed by atoms with Gasteiger partial charge in [-0.1, -0.05) is 52.5 Å². The third-order valence-corrected chi connectivity index (χ3v) is 3.93. The van der Waals surface area contributed by atoms with Gasteiger partial charge in [-0.2, -0.15) is 0 Å². The van der Waals surface area contributed by atoms with Crippen molar-refractivity contribution >= 4 is 46.4 Å². The highest BCUT2D eigenvalue weighted by molar-refractivity contribution is 6.44. The van der Waals surface area contributed by atoms with Gasteiger partial charge in [-0.25, -0.2) is 0 Å². The van der Waals surface area contributed by atoms with Gasteiger partial charge in [0.1, 0.15) is 0 Å². The van der Waals surface area contributed by atoms with Crippen LogP contribution in [0.1, 0.15) is 5.56 Å². The minimum atomic E-state index is 0.413. The maximum atomic E-state index is 6.18. The van der Waals surface area contributed by atoms with Crippen LogP contribution in [0.3, 0.4) is 0 Å². The molecule has 94 valence electrons. The molecule has 2 aromatic carbocycles. The van der Waals surface area contributed by atoms with Gasteiger partial charge < -0.3 is 5.73 Å². The number of hydrogen-bond acceptors (Lipinski definition) is 1. The fourth-order valence-corrected chi connectivity index (χ4v) is 2.50. The van der Waals surface area contributed by atoms with Crippen LogP contribution in [0, 0.1) is 0 Å². The Morgan fingerprint density at radius 3 is 2.00 bits per heavy atom. The summed E-state index contributed by atoms with van der Waals surface area (Å²) >= 11 is 24.3. The summed E-state index contributed by atoms with van der Waals surface area (Å²) in [6.07, 6.45) is 0. The first-order valence-electron chi connectivity index (χ1n) is 5.16. The zero-order valence-electron chi connectivity index (χ0n) is 9.18. The predicted molar refractivity (Wildman–Crippen MR) is 79.8 cm³/mol. The van der Waals surface area contributed by atoms with Crippen LogP contribution in [0.4, 0.5) is 0 Å². The maximum absolute atomic E-state index is 6.18. The zero-order valence-corrected chi connectivity index (χ0v) is 12.2. The van der Waals surface area contributed by atoms with Crippen LogP contribution >= 0.6 is 46.4 Å². The first-order valence-corrected chi connectivity index (χ1v) is 6.67. The Kier molecular flexibility index (Phi) is 4.41. The standard InChI is InChI=1S/C13H9Cl4N/c14-10-2-1-7(6-18)3-8(10)9-4-12(16)13(17)5-11(9)15/h1-5H,6,18H2. The van der Waals surface area contributed by atoms with E-state index in [1.54, 1.807) is 18.2 Å². The van der Waals surface area contributed by atoms with Crippen molar-refractivity contribution in [2.45, 2.75) is 6.54 Å². The van der Waals surface area contributed by atoms with E-state index in [4.69, 9.17) is 52.1 Å². The molecule has 2 N–H and O–H groups in total. The van der Waals surface area contributed by atoms with Crippen LogP contribution in [0.2, 0.25) is 20.1 Å². The van der Waals surface area contributed by atoms with E-state index < -0.39 is 0 Å². The predicted octanol–water partition coefficient (Wildman–Crippen LogP) is 5.43. The van der Waals surface area contributed by atoms with E-state index in [0.29, 0.717) is 26.6 Å². The number of halogens is 4. The quantitative estimate of drug-likeness (QED) is 0.734. The second kappa shape index (κ2) is 5.68. The molecule has 0 unspecified atom stereocenters. The SMILES string of the molecule is NCc1ccc(Cl)c(-c2cc(Cl)c(Cl)cc2Cl)c1. The van der Waals surface area contributed by atoms with Crippen molar-refractivity contribution in [3.8, 4) is 11.1 Å². The second-order valence-electron chi connectivity index (χ2n) is 3.76. The molecule has 0 bridgehead atoms. The monoisotopic (exact) mass is 319 g/mol. The molecular formula is C13H9Cl4N. The van der Waals surface area contributed by atoms with E-state index in [2.05, 4.69) is 0 Å². The minimum Gasteiger partial charge on any atom is -0.326 e. The Bertz CT molecular complexity index is 596. The fraction of sp³-hybridized carbons (Fsp3) is 0.0769. The van der Waals surface area contributed by atoms with Crippen LogP contribution in [0.25, 0.3) is 11.1 Å². The van der Waals surface area contributed by atoms with Crippen LogP contribution < -0.4 is 5.73 Å². The second-order valence-corrected chi connectivity index (χ2v) is 5.39. The van der Waals surface area contributed by atoms with Gasteiger partial charge in [0.2, 0.25) is 0 Å². The van der Waals surface area contributed by atoms with Crippen molar-refractivity contribution in [2.24, 2.45) is 5.73 Å². The van der Waals surface area contributed by atoms with Crippen molar-refractivity contribution in [1.29, 1.82) is 0 Å². The van der Waals surface area contributed by atoms with Crippen LogP contribution in [0.15, 0.2) is 30.3 Å². The molecule has 0 radical (unpaired) electrons. The molecule has 0 aromatic heterocycles. The Balaban J connectivity index is 2.64. The van der Waals surface area contributed by atoms with E-state index in [0.717, 1.165) is 16.7 Å². The van der Waals surface area contributed by atoms with Crippen molar-refractivity contribution < 1.29 is 0 Å². The highest BCUT2D eigenvalue weighted by Crippen LogP contribution is 2.38. The lowest BCUT2D eigenvalue weighted by Crippen LogP contribution is -1.96. The van der Waals surface area contributed by atoms with E-state index in [9.17, 15) is 0 Å². The summed E-state index contributed by atoms with van der Waals surface area (Å²) in [7, 11) is 0. The Labute approximate surface area is 125 Å². The molecule has 0 atom stereocenters. The molecule has 18 heavy (non-hydrogen) atoms. The average Bonchev–Trinajstić information content (AvgIpc) is 2.35. The van der Waals surface area contributed by atoms with E-state index >= 15 is 0 Å². The van der Waals surface area contributed by atoms with E-state index in [1.807, 2.05) is 12.1 Å². The molecular weight excluding hydrogens is 312 g/mol. The van der Waals surface area contributed by atoms with Crippen molar-refractivity contribution in [3.05, 3.63) is 56.0 Å². The summed E-state index contributed by atoms with van der Waals surface area (Å²) in [6, 6.07) is 8.86. The molecule has 0 saturated heterocycles. The number of rotatable bonds is 2. The van der Waals surface area contributed by atoms with Crippen molar-refractivity contribution in [2.75, 3.05) is 0 Å². The molecule has 0 spiro atoms. The normalized spacial score (nSPS) is 10.7. The molecule has 0 aliphatic carbocycles. The average molecular weight is 321 g/mol. The van der Waals surface area contributed by atoms with Crippen LogP contribution in [-0.4, -0.2) is 0 Å².